The zero-order valence-electron chi connectivity index (χ0n) is 13.7. The number of hydrogen-bond donors (Lipinski definition) is 0. The summed E-state index contributed by atoms with van der Waals surface area (Å²) < 4.78 is 0. The van der Waals surface area contributed by atoms with Crippen LogP contribution in [-0.4, -0.2) is 24.7 Å². The van der Waals surface area contributed by atoms with Crippen LogP contribution in [0, 0.1) is 23.7 Å². The van der Waals surface area contributed by atoms with Crippen LogP contribution in [0.2, 0.25) is 0 Å². The van der Waals surface area contributed by atoms with Crippen LogP contribution in [0.5, 0.6) is 0 Å². The minimum Gasteiger partial charge on any atom is -0.299 e. The Morgan fingerprint density at radius 1 is 0.667 bits per heavy atom. The number of azo groups is 1. The molecule has 21 heavy (non-hydrogen) atoms. The molecule has 0 aliphatic rings. The Labute approximate surface area is 147 Å². The molecule has 0 aliphatic heterocycles. The third-order valence-corrected chi connectivity index (χ3v) is 2.92. The lowest BCUT2D eigenvalue weighted by Crippen LogP contribution is -2.20. The van der Waals surface area contributed by atoms with Gasteiger partial charge in [-0.1, -0.05) is 41.5 Å². The molecule has 0 N–H and O–H groups in total. The number of carbonyl (C=O) groups is 2. The molecule has 0 aromatic rings. The standard InChI is InChI=1S/C14H26N2O2.3ClH/c1-9(2)13(17)11(5)7-15-16-8-12(6)14(18)10(3)4;;;/h9-12H,7-8H2,1-6H3;3*1H. The highest BCUT2D eigenvalue weighted by atomic mass is 35.5. The van der Waals surface area contributed by atoms with Crippen LogP contribution in [0.15, 0.2) is 10.2 Å². The summed E-state index contributed by atoms with van der Waals surface area (Å²) in [5, 5.41) is 8.02. The SMILES string of the molecule is CC(C)C(=O)C(C)CN=NCC(C)C(=O)C(C)C.Cl.Cl.Cl. The topological polar surface area (TPSA) is 58.9 Å². The zero-order chi connectivity index (χ0) is 14.3. The molecule has 0 heterocycles. The van der Waals surface area contributed by atoms with Gasteiger partial charge < -0.3 is 0 Å². The fourth-order valence-electron chi connectivity index (χ4n) is 1.68. The molecule has 0 bridgehead atoms. The lowest BCUT2D eigenvalue weighted by molar-refractivity contribution is -0.125. The van der Waals surface area contributed by atoms with E-state index in [1.807, 2.05) is 41.5 Å². The molecule has 0 rings (SSSR count). The van der Waals surface area contributed by atoms with Crippen molar-refractivity contribution in [2.45, 2.75) is 41.5 Å². The Kier molecular flexibility index (Phi) is 20.3. The average Bonchev–Trinajstić information content (AvgIpc) is 2.31. The van der Waals surface area contributed by atoms with Gasteiger partial charge in [0.25, 0.3) is 0 Å². The lowest BCUT2D eigenvalue weighted by atomic mass is 9.97. The predicted octanol–water partition coefficient (Wildman–Crippen LogP) is 4.43. The Bertz CT molecular complexity index is 291. The first-order valence-corrected chi connectivity index (χ1v) is 6.68. The Balaban J connectivity index is -0.000000482. The van der Waals surface area contributed by atoms with Crippen molar-refractivity contribution in [1.82, 2.24) is 0 Å². The molecule has 0 radical (unpaired) electrons. The summed E-state index contributed by atoms with van der Waals surface area (Å²) in [6, 6.07) is 0. The summed E-state index contributed by atoms with van der Waals surface area (Å²) in [7, 11) is 0. The van der Waals surface area contributed by atoms with Crippen LogP contribution in [0.4, 0.5) is 0 Å². The molecule has 2 unspecified atom stereocenters. The summed E-state index contributed by atoms with van der Waals surface area (Å²) >= 11 is 0. The van der Waals surface area contributed by atoms with Crippen molar-refractivity contribution in [2.75, 3.05) is 13.1 Å². The van der Waals surface area contributed by atoms with Crippen LogP contribution >= 0.6 is 37.2 Å². The van der Waals surface area contributed by atoms with Crippen molar-refractivity contribution >= 4 is 48.8 Å². The molecular formula is C14H29Cl3N2O2. The van der Waals surface area contributed by atoms with Crippen LogP contribution in [0.25, 0.3) is 0 Å². The number of ketones is 2. The third kappa shape index (κ3) is 12.1. The van der Waals surface area contributed by atoms with Gasteiger partial charge in [-0.15, -0.1) is 37.2 Å². The lowest BCUT2D eigenvalue weighted by Gasteiger charge is -2.11. The molecule has 7 heteroatoms. The number of rotatable bonds is 8. The first-order chi connectivity index (χ1) is 8.27. The molecule has 0 saturated carbocycles. The quantitative estimate of drug-likeness (QED) is 0.599. The van der Waals surface area contributed by atoms with Gasteiger partial charge >= 0.3 is 0 Å². The molecule has 2 atom stereocenters. The van der Waals surface area contributed by atoms with Gasteiger partial charge in [0, 0.05) is 23.7 Å². The van der Waals surface area contributed by atoms with E-state index in [0.29, 0.717) is 13.1 Å². The van der Waals surface area contributed by atoms with Crippen LogP contribution < -0.4 is 0 Å². The number of halogens is 3. The van der Waals surface area contributed by atoms with Gasteiger partial charge in [0.2, 0.25) is 0 Å². The van der Waals surface area contributed by atoms with Crippen LogP contribution in [0.1, 0.15) is 41.5 Å². The Morgan fingerprint density at radius 3 is 1.10 bits per heavy atom. The van der Waals surface area contributed by atoms with Gasteiger partial charge in [-0.05, 0) is 0 Å². The molecular weight excluding hydrogens is 335 g/mol. The Hall–Kier alpha value is -0.190. The summed E-state index contributed by atoms with van der Waals surface area (Å²) in [5.74, 6) is 0.309. The second kappa shape index (κ2) is 14.7. The predicted molar refractivity (Wildman–Crippen MR) is 94.4 cm³/mol. The van der Waals surface area contributed by atoms with Gasteiger partial charge in [-0.3, -0.25) is 9.59 Å². The van der Waals surface area contributed by atoms with Crippen molar-refractivity contribution in [3.05, 3.63) is 0 Å². The smallest absolute Gasteiger partial charge is 0.140 e. The molecule has 0 saturated heterocycles. The summed E-state index contributed by atoms with van der Waals surface area (Å²) in [6.07, 6.45) is 0. The van der Waals surface area contributed by atoms with Crippen molar-refractivity contribution in [2.24, 2.45) is 33.9 Å². The van der Waals surface area contributed by atoms with E-state index < -0.39 is 0 Å². The number of carbonyl (C=O) groups excluding carboxylic acids is 2. The van der Waals surface area contributed by atoms with Gasteiger partial charge in [0.05, 0.1) is 13.1 Å². The maximum atomic E-state index is 11.6. The van der Waals surface area contributed by atoms with E-state index >= 15 is 0 Å². The number of nitrogens with zero attached hydrogens (tertiary/aromatic N) is 2. The second-order valence-electron chi connectivity index (χ2n) is 5.56. The van der Waals surface area contributed by atoms with E-state index in [1.54, 1.807) is 0 Å². The van der Waals surface area contributed by atoms with Crippen molar-refractivity contribution in [1.29, 1.82) is 0 Å². The van der Waals surface area contributed by atoms with Gasteiger partial charge in [-0.25, -0.2) is 0 Å². The van der Waals surface area contributed by atoms with Crippen molar-refractivity contribution in [3.8, 4) is 0 Å². The van der Waals surface area contributed by atoms with Crippen molar-refractivity contribution < 1.29 is 9.59 Å². The van der Waals surface area contributed by atoms with Crippen LogP contribution in [-0.2, 0) is 9.59 Å². The molecule has 4 nitrogen and oxygen atoms in total. The normalized spacial score (nSPS) is 13.1. The number of Topliss-reactive ketones (excluding diaryl/α,β-unsaturated/α-hetero) is 2. The molecule has 0 fully saturated rings. The maximum absolute atomic E-state index is 11.6. The highest BCUT2D eigenvalue weighted by Gasteiger charge is 2.17. The second-order valence-corrected chi connectivity index (χ2v) is 5.56. The van der Waals surface area contributed by atoms with E-state index in [2.05, 4.69) is 10.2 Å². The highest BCUT2D eigenvalue weighted by molar-refractivity contribution is 5.86. The third-order valence-electron chi connectivity index (χ3n) is 2.92. The Morgan fingerprint density at radius 2 is 0.905 bits per heavy atom. The van der Waals surface area contributed by atoms with E-state index in [-0.39, 0.29) is 72.5 Å². The average molecular weight is 364 g/mol. The molecule has 128 valence electrons. The minimum atomic E-state index is -0.0927. The fourth-order valence-corrected chi connectivity index (χ4v) is 1.68. The summed E-state index contributed by atoms with van der Waals surface area (Å²) in [5.41, 5.74) is 0. The van der Waals surface area contributed by atoms with Crippen LogP contribution in [0.3, 0.4) is 0 Å². The van der Waals surface area contributed by atoms with E-state index in [0.717, 1.165) is 0 Å². The van der Waals surface area contributed by atoms with Crippen molar-refractivity contribution in [3.63, 3.8) is 0 Å². The van der Waals surface area contributed by atoms with Gasteiger partial charge in [0.15, 0.2) is 0 Å². The maximum Gasteiger partial charge on any atom is 0.140 e. The minimum absolute atomic E-state index is 0. The first-order valence-electron chi connectivity index (χ1n) is 6.68. The largest absolute Gasteiger partial charge is 0.299 e. The molecule has 0 amide bonds. The first kappa shape index (κ1) is 28.9. The summed E-state index contributed by atoms with van der Waals surface area (Å²) in [6.45, 7) is 12.1. The van der Waals surface area contributed by atoms with Gasteiger partial charge in [-0.2, -0.15) is 10.2 Å². The van der Waals surface area contributed by atoms with Gasteiger partial charge in [0.1, 0.15) is 11.6 Å². The van der Waals surface area contributed by atoms with E-state index in [1.165, 1.54) is 0 Å². The summed E-state index contributed by atoms with van der Waals surface area (Å²) in [4.78, 5) is 23.2. The zero-order valence-corrected chi connectivity index (χ0v) is 16.1. The van der Waals surface area contributed by atoms with E-state index in [9.17, 15) is 9.59 Å². The monoisotopic (exact) mass is 362 g/mol. The molecule has 0 aromatic heterocycles. The fraction of sp³-hybridized carbons (Fsp3) is 0.857. The molecule has 0 aliphatic carbocycles. The molecule has 0 aromatic carbocycles. The van der Waals surface area contributed by atoms with E-state index in [4.69, 9.17) is 0 Å². The number of hydrogen-bond acceptors (Lipinski definition) is 4. The highest BCUT2D eigenvalue weighted by Crippen LogP contribution is 2.09. The molecule has 0 spiro atoms.